The van der Waals surface area contributed by atoms with Gasteiger partial charge in [-0.3, -0.25) is 9.78 Å². The van der Waals surface area contributed by atoms with Gasteiger partial charge in [0.1, 0.15) is 5.82 Å². The summed E-state index contributed by atoms with van der Waals surface area (Å²) in [6.07, 6.45) is 7.04. The Bertz CT molecular complexity index is 919. The second-order valence-corrected chi connectivity index (χ2v) is 8.53. The lowest BCUT2D eigenvalue weighted by Crippen LogP contribution is -2.36. The van der Waals surface area contributed by atoms with Crippen molar-refractivity contribution in [2.75, 3.05) is 51.9 Å². The Morgan fingerprint density at radius 2 is 2.06 bits per heavy atom. The molecule has 1 amide bonds. The Morgan fingerprint density at radius 3 is 2.81 bits per heavy atom. The van der Waals surface area contributed by atoms with Crippen LogP contribution < -0.4 is 9.64 Å². The van der Waals surface area contributed by atoms with E-state index >= 15 is 0 Å². The Kier molecular flexibility index (Phi) is 6.96. The number of nitrogens with zero attached hydrogens (tertiary/aromatic N) is 5. The van der Waals surface area contributed by atoms with Gasteiger partial charge in [-0.1, -0.05) is 0 Å². The van der Waals surface area contributed by atoms with E-state index in [1.54, 1.807) is 17.4 Å². The first-order chi connectivity index (χ1) is 15.1. The highest BCUT2D eigenvalue weighted by Crippen LogP contribution is 2.32. The van der Waals surface area contributed by atoms with Crippen LogP contribution in [0, 0.1) is 11.8 Å². The van der Waals surface area contributed by atoms with Crippen molar-refractivity contribution < 1.29 is 14.3 Å². The summed E-state index contributed by atoms with van der Waals surface area (Å²) < 4.78 is 11.7. The second kappa shape index (κ2) is 10.0. The van der Waals surface area contributed by atoms with Crippen LogP contribution in [-0.4, -0.2) is 74.1 Å². The Labute approximate surface area is 183 Å². The van der Waals surface area contributed by atoms with Crippen molar-refractivity contribution in [2.45, 2.75) is 25.7 Å². The molecule has 0 bridgehead atoms. The Morgan fingerprint density at radius 1 is 1.29 bits per heavy atom. The highest BCUT2D eigenvalue weighted by Gasteiger charge is 2.27. The van der Waals surface area contributed by atoms with Crippen LogP contribution in [0.3, 0.4) is 0 Å². The summed E-state index contributed by atoms with van der Waals surface area (Å²) in [5.74, 6) is 1.96. The molecular weight excluding hydrogens is 394 g/mol. The summed E-state index contributed by atoms with van der Waals surface area (Å²) in [4.78, 5) is 29.6. The number of aromatic nitrogens is 2. The van der Waals surface area contributed by atoms with Gasteiger partial charge in [-0.05, 0) is 43.7 Å². The van der Waals surface area contributed by atoms with Crippen molar-refractivity contribution in [1.82, 2.24) is 14.9 Å². The van der Waals surface area contributed by atoms with E-state index in [0.717, 1.165) is 55.5 Å². The Balaban J connectivity index is 1.39. The van der Waals surface area contributed by atoms with Gasteiger partial charge in [-0.2, -0.15) is 4.98 Å². The SMILES string of the molecule is CN(C)C=NC(=O)C1CCC(COc2nc(N3CCOCC3)cc3ncccc23)CC1. The number of carbonyl (C=O) groups excluding carboxylic acids is 1. The highest BCUT2D eigenvalue weighted by atomic mass is 16.5. The van der Waals surface area contributed by atoms with Crippen LogP contribution in [0.2, 0.25) is 0 Å². The van der Waals surface area contributed by atoms with E-state index in [-0.39, 0.29) is 11.8 Å². The minimum atomic E-state index is -0.00924. The maximum Gasteiger partial charge on any atom is 0.250 e. The van der Waals surface area contributed by atoms with Crippen molar-refractivity contribution in [3.05, 3.63) is 24.4 Å². The molecule has 2 aromatic rings. The van der Waals surface area contributed by atoms with Crippen LogP contribution in [0.5, 0.6) is 5.88 Å². The summed E-state index contributed by atoms with van der Waals surface area (Å²) >= 11 is 0. The van der Waals surface area contributed by atoms with Crippen molar-refractivity contribution in [2.24, 2.45) is 16.8 Å². The van der Waals surface area contributed by atoms with Crippen molar-refractivity contribution >= 4 is 29.0 Å². The fourth-order valence-electron chi connectivity index (χ4n) is 4.15. The molecule has 0 atom stereocenters. The topological polar surface area (TPSA) is 80.2 Å². The minimum Gasteiger partial charge on any atom is -0.477 e. The standard InChI is InChI=1S/C23H31N5O3/c1-27(2)16-25-22(29)18-7-5-17(6-8-18)15-31-23-19-4-3-9-24-20(19)14-21(26-23)28-10-12-30-13-11-28/h3-4,9,14,16-18H,5-8,10-13,15H2,1-2H3. The van der Waals surface area contributed by atoms with Crippen LogP contribution in [-0.2, 0) is 9.53 Å². The summed E-state index contributed by atoms with van der Waals surface area (Å²) in [6.45, 7) is 3.65. The van der Waals surface area contributed by atoms with Gasteiger partial charge >= 0.3 is 0 Å². The average Bonchev–Trinajstić information content (AvgIpc) is 2.81. The normalized spacial score (nSPS) is 22.1. The molecule has 1 aliphatic carbocycles. The molecule has 2 fully saturated rings. The molecule has 0 N–H and O–H groups in total. The van der Waals surface area contributed by atoms with E-state index < -0.39 is 0 Å². The molecule has 166 valence electrons. The maximum absolute atomic E-state index is 12.2. The van der Waals surface area contributed by atoms with Gasteiger partial charge in [-0.25, -0.2) is 4.99 Å². The maximum atomic E-state index is 12.2. The zero-order valence-electron chi connectivity index (χ0n) is 18.4. The third-order valence-corrected chi connectivity index (χ3v) is 5.95. The molecule has 4 rings (SSSR count). The number of anilines is 1. The average molecular weight is 426 g/mol. The molecule has 2 aromatic heterocycles. The number of aliphatic imine (C=N–C) groups is 1. The first kappa shape index (κ1) is 21.5. The smallest absolute Gasteiger partial charge is 0.250 e. The van der Waals surface area contributed by atoms with Crippen molar-refractivity contribution in [3.63, 3.8) is 0 Å². The summed E-state index contributed by atoms with van der Waals surface area (Å²) in [5, 5.41) is 0.932. The predicted octanol–water partition coefficient (Wildman–Crippen LogP) is 2.77. The number of hydrogen-bond donors (Lipinski definition) is 0. The fourth-order valence-corrected chi connectivity index (χ4v) is 4.15. The molecule has 1 saturated carbocycles. The third-order valence-electron chi connectivity index (χ3n) is 5.95. The van der Waals surface area contributed by atoms with Gasteiger partial charge in [0, 0.05) is 45.4 Å². The van der Waals surface area contributed by atoms with E-state index in [4.69, 9.17) is 14.5 Å². The number of hydrogen-bond acceptors (Lipinski definition) is 6. The lowest BCUT2D eigenvalue weighted by Gasteiger charge is -2.29. The molecule has 0 unspecified atom stereocenters. The van der Waals surface area contributed by atoms with Crippen molar-refractivity contribution in [1.29, 1.82) is 0 Å². The van der Waals surface area contributed by atoms with Gasteiger partial charge in [-0.15, -0.1) is 0 Å². The van der Waals surface area contributed by atoms with Gasteiger partial charge in [0.15, 0.2) is 0 Å². The number of rotatable bonds is 6. The minimum absolute atomic E-state index is 0.00924. The van der Waals surface area contributed by atoms with E-state index in [2.05, 4.69) is 14.9 Å². The third kappa shape index (κ3) is 5.50. The number of ether oxygens (including phenoxy) is 2. The Hall–Kier alpha value is -2.74. The molecular formula is C23H31N5O3. The van der Waals surface area contributed by atoms with E-state index in [9.17, 15) is 4.79 Å². The number of pyridine rings is 2. The summed E-state index contributed by atoms with van der Waals surface area (Å²) in [6, 6.07) is 5.95. The van der Waals surface area contributed by atoms with Crippen LogP contribution in [0.15, 0.2) is 29.4 Å². The fraction of sp³-hybridized carbons (Fsp3) is 0.565. The molecule has 0 aromatic carbocycles. The molecule has 1 aliphatic heterocycles. The second-order valence-electron chi connectivity index (χ2n) is 8.53. The molecule has 1 saturated heterocycles. The molecule has 8 heteroatoms. The highest BCUT2D eigenvalue weighted by molar-refractivity contribution is 5.86. The number of carbonyl (C=O) groups is 1. The largest absolute Gasteiger partial charge is 0.477 e. The summed E-state index contributed by atoms with van der Waals surface area (Å²) in [5.41, 5.74) is 0.891. The molecule has 0 spiro atoms. The van der Waals surface area contributed by atoms with E-state index in [1.165, 1.54) is 0 Å². The van der Waals surface area contributed by atoms with Crippen LogP contribution >= 0.6 is 0 Å². The monoisotopic (exact) mass is 425 g/mol. The van der Waals surface area contributed by atoms with Gasteiger partial charge in [0.25, 0.3) is 0 Å². The molecule has 2 aliphatic rings. The lowest BCUT2D eigenvalue weighted by atomic mass is 9.82. The van der Waals surface area contributed by atoms with Gasteiger partial charge in [0.2, 0.25) is 11.8 Å². The van der Waals surface area contributed by atoms with Crippen LogP contribution in [0.1, 0.15) is 25.7 Å². The molecule has 3 heterocycles. The first-order valence-corrected chi connectivity index (χ1v) is 11.1. The number of amides is 1. The lowest BCUT2D eigenvalue weighted by molar-refractivity contribution is -0.122. The molecule has 31 heavy (non-hydrogen) atoms. The molecule has 8 nitrogen and oxygen atoms in total. The zero-order chi connectivity index (χ0) is 21.6. The summed E-state index contributed by atoms with van der Waals surface area (Å²) in [7, 11) is 3.73. The van der Waals surface area contributed by atoms with Crippen molar-refractivity contribution in [3.8, 4) is 5.88 Å². The first-order valence-electron chi connectivity index (χ1n) is 11.1. The number of morpholine rings is 1. The quantitative estimate of drug-likeness (QED) is 0.520. The number of fused-ring (bicyclic) bond motifs is 1. The van der Waals surface area contributed by atoms with Crippen LogP contribution in [0.4, 0.5) is 5.82 Å². The van der Waals surface area contributed by atoms with E-state index in [1.807, 2.05) is 32.3 Å². The molecule has 0 radical (unpaired) electrons. The zero-order valence-corrected chi connectivity index (χ0v) is 18.4. The van der Waals surface area contributed by atoms with Gasteiger partial charge in [0.05, 0.1) is 37.1 Å². The predicted molar refractivity (Wildman–Crippen MR) is 121 cm³/mol. The van der Waals surface area contributed by atoms with Gasteiger partial charge < -0.3 is 19.3 Å². The van der Waals surface area contributed by atoms with Crippen LogP contribution in [0.25, 0.3) is 10.9 Å². The van der Waals surface area contributed by atoms with E-state index in [0.29, 0.717) is 31.6 Å².